The van der Waals surface area contributed by atoms with Gasteiger partial charge < -0.3 is 52.1 Å². The minimum atomic E-state index is -0.476. The minimum Gasteiger partial charge on any atom is -0.463 e. The molecule has 0 aromatic heterocycles. The molecule has 0 saturated carbocycles. The number of esters is 2. The first-order chi connectivity index (χ1) is 27.3. The molecule has 0 aromatic carbocycles. The Labute approximate surface area is 341 Å². The number of hydrogen-bond donors (Lipinski definition) is 0. The predicted molar refractivity (Wildman–Crippen MR) is 218 cm³/mol. The molecule has 0 amide bonds. The molecule has 0 atom stereocenters. The predicted octanol–water partition coefficient (Wildman–Crippen LogP) is 7.67. The summed E-state index contributed by atoms with van der Waals surface area (Å²) < 4.78 is 59.7. The summed E-state index contributed by atoms with van der Waals surface area (Å²) in [5.74, 6) is -0.399. The zero-order valence-electron chi connectivity index (χ0n) is 36.3. The molecule has 0 spiro atoms. The third-order valence-corrected chi connectivity index (χ3v) is 8.32. The Morgan fingerprint density at radius 2 is 0.589 bits per heavy atom. The van der Waals surface area contributed by atoms with Gasteiger partial charge in [-0.05, 0) is 27.2 Å². The van der Waals surface area contributed by atoms with Crippen molar-refractivity contribution in [2.75, 3.05) is 126 Å². The van der Waals surface area contributed by atoms with Crippen molar-refractivity contribution in [3.05, 3.63) is 0 Å². The van der Waals surface area contributed by atoms with E-state index in [4.69, 9.17) is 52.1 Å². The first-order valence-electron chi connectivity index (χ1n) is 21.9. The van der Waals surface area contributed by atoms with Gasteiger partial charge in [0.05, 0.1) is 125 Å². The number of carbonyl (C=O) groups excluding carboxylic acids is 2. The average Bonchev–Trinajstić information content (AvgIpc) is 3.16. The van der Waals surface area contributed by atoms with Gasteiger partial charge in [-0.2, -0.15) is 0 Å². The van der Waals surface area contributed by atoms with Crippen LogP contribution in [-0.2, 0) is 61.7 Å². The Hall–Kier alpha value is -1.42. The van der Waals surface area contributed by atoms with Gasteiger partial charge in [0.1, 0.15) is 12.2 Å². The Morgan fingerprint density at radius 3 is 0.893 bits per heavy atom. The summed E-state index contributed by atoms with van der Waals surface area (Å²) in [5, 5.41) is 0. The van der Waals surface area contributed by atoms with Crippen LogP contribution < -0.4 is 0 Å². The molecule has 0 aliphatic rings. The van der Waals surface area contributed by atoms with Gasteiger partial charge in [-0.15, -0.1) is 0 Å². The van der Waals surface area contributed by atoms with Crippen LogP contribution in [-0.4, -0.2) is 143 Å². The van der Waals surface area contributed by atoms with Crippen LogP contribution >= 0.6 is 0 Å². The maximum absolute atomic E-state index is 11.9. The zero-order chi connectivity index (χ0) is 40.9. The maximum atomic E-state index is 11.9. The zero-order valence-corrected chi connectivity index (χ0v) is 36.3. The van der Waals surface area contributed by atoms with Crippen molar-refractivity contribution in [1.82, 2.24) is 0 Å². The van der Waals surface area contributed by atoms with Gasteiger partial charge in [0, 0.05) is 6.42 Å². The fraction of sp³-hybridized carbons (Fsp3) is 0.953. The Bertz CT molecular complexity index is 809. The summed E-state index contributed by atoms with van der Waals surface area (Å²) >= 11 is 0. The van der Waals surface area contributed by atoms with Crippen LogP contribution in [0.4, 0.5) is 0 Å². The van der Waals surface area contributed by atoms with Crippen LogP contribution in [0.5, 0.6) is 0 Å². The van der Waals surface area contributed by atoms with E-state index in [2.05, 4.69) is 6.92 Å². The van der Waals surface area contributed by atoms with Gasteiger partial charge in [0.25, 0.3) is 0 Å². The number of carbonyl (C=O) groups is 2. The summed E-state index contributed by atoms with van der Waals surface area (Å²) in [4.78, 5) is 23.5. The van der Waals surface area contributed by atoms with Crippen molar-refractivity contribution < 1.29 is 61.7 Å². The molecule has 0 aliphatic heterocycles. The van der Waals surface area contributed by atoms with Crippen LogP contribution in [0.25, 0.3) is 0 Å². The molecule has 56 heavy (non-hydrogen) atoms. The van der Waals surface area contributed by atoms with Crippen molar-refractivity contribution in [1.29, 1.82) is 0 Å². The second-order valence-electron chi connectivity index (χ2n) is 14.8. The van der Waals surface area contributed by atoms with E-state index in [1.54, 1.807) is 0 Å². The molecule has 0 N–H and O–H groups in total. The molecule has 13 heteroatoms. The van der Waals surface area contributed by atoms with Gasteiger partial charge in [0.15, 0.2) is 0 Å². The van der Waals surface area contributed by atoms with Crippen molar-refractivity contribution in [3.63, 3.8) is 0 Å². The highest BCUT2D eigenvalue weighted by atomic mass is 16.6. The first-order valence-corrected chi connectivity index (χ1v) is 21.9. The largest absolute Gasteiger partial charge is 0.463 e. The molecule has 0 saturated heterocycles. The van der Waals surface area contributed by atoms with Gasteiger partial charge in [-0.25, -0.2) is 0 Å². The highest BCUT2D eigenvalue weighted by Crippen LogP contribution is 2.14. The lowest BCUT2D eigenvalue weighted by Gasteiger charge is -2.19. The third-order valence-electron chi connectivity index (χ3n) is 8.32. The molecule has 0 radical (unpaired) electrons. The quantitative estimate of drug-likeness (QED) is 0.0440. The Morgan fingerprint density at radius 1 is 0.321 bits per heavy atom. The lowest BCUT2D eigenvalue weighted by atomic mass is 10.0. The maximum Gasteiger partial charge on any atom is 0.308 e. The standard InChI is InChI=1S/C43H84O13/c1-5-6-7-8-9-10-11-12-13-14-15-16-17-18-19-20-41(44)55-40-39-54-38-37-53-36-35-52-34-33-51-32-31-50-30-29-49-28-27-48-26-25-47-24-23-46-22-21-42(45)56-43(2,3)4/h5-40H2,1-4H3. The molecular formula is C43H84O13. The lowest BCUT2D eigenvalue weighted by Crippen LogP contribution is -2.24. The number of unbranched alkanes of at least 4 members (excludes halogenated alkanes) is 14. The van der Waals surface area contributed by atoms with Crippen LogP contribution in [0.3, 0.4) is 0 Å². The van der Waals surface area contributed by atoms with E-state index in [1.807, 2.05) is 20.8 Å². The number of rotatable bonds is 46. The summed E-state index contributed by atoms with van der Waals surface area (Å²) in [6, 6.07) is 0. The third kappa shape index (κ3) is 48.7. The van der Waals surface area contributed by atoms with Gasteiger partial charge in [0.2, 0.25) is 0 Å². The molecule has 0 aliphatic carbocycles. The summed E-state index contributed by atoms with van der Waals surface area (Å²) in [7, 11) is 0. The van der Waals surface area contributed by atoms with E-state index in [-0.39, 0.29) is 25.0 Å². The van der Waals surface area contributed by atoms with Gasteiger partial charge >= 0.3 is 11.9 Å². The first kappa shape index (κ1) is 54.6. The average molecular weight is 809 g/mol. The second kappa shape index (κ2) is 44.7. The Balaban J connectivity index is 3.16. The van der Waals surface area contributed by atoms with Crippen molar-refractivity contribution in [2.45, 2.75) is 142 Å². The molecule has 0 aromatic rings. The molecule has 0 heterocycles. The monoisotopic (exact) mass is 809 g/mol. The lowest BCUT2D eigenvalue weighted by molar-refractivity contribution is -0.156. The Kier molecular flexibility index (Phi) is 43.5. The van der Waals surface area contributed by atoms with Gasteiger partial charge in [-0.3, -0.25) is 9.59 Å². The molecular weight excluding hydrogens is 724 g/mol. The fourth-order valence-corrected chi connectivity index (χ4v) is 5.34. The highest BCUT2D eigenvalue weighted by molar-refractivity contribution is 5.70. The van der Waals surface area contributed by atoms with Gasteiger partial charge in [-0.1, -0.05) is 96.8 Å². The van der Waals surface area contributed by atoms with Crippen LogP contribution in [0, 0.1) is 0 Å². The minimum absolute atomic E-state index is 0.134. The number of hydrogen-bond acceptors (Lipinski definition) is 13. The molecule has 334 valence electrons. The second-order valence-corrected chi connectivity index (χ2v) is 14.8. The van der Waals surface area contributed by atoms with E-state index >= 15 is 0 Å². The van der Waals surface area contributed by atoms with E-state index in [0.29, 0.717) is 125 Å². The topological polar surface area (TPSA) is 136 Å². The van der Waals surface area contributed by atoms with Crippen molar-refractivity contribution in [2.24, 2.45) is 0 Å². The molecule has 0 rings (SSSR count). The summed E-state index contributed by atoms with van der Waals surface area (Å²) in [6.07, 6.45) is 20.4. The van der Waals surface area contributed by atoms with Crippen molar-refractivity contribution >= 4 is 11.9 Å². The van der Waals surface area contributed by atoms with E-state index < -0.39 is 5.60 Å². The number of ether oxygens (including phenoxy) is 11. The normalized spacial score (nSPS) is 11.7. The summed E-state index contributed by atoms with van der Waals surface area (Å²) in [6.45, 7) is 16.4. The molecule has 0 bridgehead atoms. The SMILES string of the molecule is CCCCCCCCCCCCCCCCCC(=O)OCCOCCOCCOCCOCCOCCOCCOCCOCCOCCC(=O)OC(C)(C)C. The molecule has 0 unspecified atom stereocenters. The van der Waals surface area contributed by atoms with Crippen LogP contribution in [0.1, 0.15) is 137 Å². The summed E-state index contributed by atoms with van der Waals surface area (Å²) in [5.41, 5.74) is -0.476. The van der Waals surface area contributed by atoms with E-state index in [9.17, 15) is 9.59 Å². The van der Waals surface area contributed by atoms with E-state index in [0.717, 1.165) is 12.8 Å². The smallest absolute Gasteiger partial charge is 0.308 e. The highest BCUT2D eigenvalue weighted by Gasteiger charge is 2.15. The van der Waals surface area contributed by atoms with Crippen molar-refractivity contribution in [3.8, 4) is 0 Å². The molecule has 13 nitrogen and oxygen atoms in total. The molecule has 0 fully saturated rings. The van der Waals surface area contributed by atoms with Crippen LogP contribution in [0.2, 0.25) is 0 Å². The van der Waals surface area contributed by atoms with Crippen LogP contribution in [0.15, 0.2) is 0 Å². The van der Waals surface area contributed by atoms with E-state index in [1.165, 1.54) is 83.5 Å². The fourth-order valence-electron chi connectivity index (χ4n) is 5.34.